The van der Waals surface area contributed by atoms with E-state index in [0.717, 1.165) is 39.2 Å². The van der Waals surface area contributed by atoms with Crippen LogP contribution in [0.3, 0.4) is 0 Å². The number of fused-ring (bicyclic) bond motifs is 3. The van der Waals surface area contributed by atoms with Gasteiger partial charge in [0.1, 0.15) is 0 Å². The first-order chi connectivity index (χ1) is 21.3. The molecule has 202 valence electrons. The van der Waals surface area contributed by atoms with Crippen LogP contribution in [-0.2, 0) is 0 Å². The van der Waals surface area contributed by atoms with Gasteiger partial charge in [0.2, 0.25) is 0 Å². The number of pyridine rings is 1. The largest absolute Gasteiger partial charge is 0.264 e. The third-order valence-corrected chi connectivity index (χ3v) is 8.98. The van der Waals surface area contributed by atoms with Crippen molar-refractivity contribution in [3.05, 3.63) is 152 Å². The number of aromatic nitrogens is 3. The second-order valence-corrected chi connectivity index (χ2v) is 11.6. The molecule has 5 aromatic carbocycles. The molecule has 0 spiro atoms. The van der Waals surface area contributed by atoms with Gasteiger partial charge in [0.25, 0.3) is 0 Å². The molecule has 3 aromatic heterocycles. The molecule has 0 atom stereocenters. The molecule has 0 fully saturated rings. The lowest BCUT2D eigenvalue weighted by Crippen LogP contribution is -1.96. The van der Waals surface area contributed by atoms with Crippen LogP contribution in [-0.4, -0.2) is 15.0 Å². The summed E-state index contributed by atoms with van der Waals surface area (Å²) in [6.07, 6.45) is 3.68. The van der Waals surface area contributed by atoms with Gasteiger partial charge in [0, 0.05) is 49.3 Å². The van der Waals surface area contributed by atoms with Crippen LogP contribution < -0.4 is 0 Å². The van der Waals surface area contributed by atoms with E-state index < -0.39 is 0 Å². The fraction of sp³-hybridized carbons (Fsp3) is 0. The Kier molecular flexibility index (Phi) is 6.32. The normalized spacial score (nSPS) is 11.3. The first kappa shape index (κ1) is 25.3. The molecule has 0 aliphatic rings. The van der Waals surface area contributed by atoms with Crippen molar-refractivity contribution in [1.82, 2.24) is 15.0 Å². The summed E-state index contributed by atoms with van der Waals surface area (Å²) in [5, 5.41) is 2.63. The molecule has 0 amide bonds. The number of hydrogen-bond acceptors (Lipinski definition) is 4. The lowest BCUT2D eigenvalue weighted by atomic mass is 9.99. The van der Waals surface area contributed by atoms with Crippen molar-refractivity contribution in [2.75, 3.05) is 0 Å². The Morgan fingerprint density at radius 1 is 0.395 bits per heavy atom. The fourth-order valence-corrected chi connectivity index (χ4v) is 6.65. The minimum Gasteiger partial charge on any atom is -0.264 e. The third-order valence-electron chi connectivity index (χ3n) is 7.82. The quantitative estimate of drug-likeness (QED) is 0.208. The maximum atomic E-state index is 5.02. The monoisotopic (exact) mass is 567 g/mol. The zero-order valence-electron chi connectivity index (χ0n) is 23.2. The van der Waals surface area contributed by atoms with Gasteiger partial charge in [-0.2, -0.15) is 0 Å². The first-order valence-electron chi connectivity index (χ1n) is 14.3. The maximum absolute atomic E-state index is 5.02. The van der Waals surface area contributed by atoms with Crippen molar-refractivity contribution < 1.29 is 0 Å². The molecule has 0 aliphatic heterocycles. The predicted molar refractivity (Wildman–Crippen MR) is 180 cm³/mol. The van der Waals surface area contributed by atoms with E-state index in [1.807, 2.05) is 41.8 Å². The van der Waals surface area contributed by atoms with Gasteiger partial charge in [-0.05, 0) is 52.6 Å². The van der Waals surface area contributed by atoms with Crippen LogP contribution in [0.5, 0.6) is 0 Å². The molecule has 0 saturated carbocycles. The summed E-state index contributed by atoms with van der Waals surface area (Å²) in [4.78, 5) is 14.3. The highest BCUT2D eigenvalue weighted by Gasteiger charge is 2.12. The molecule has 4 heteroatoms. The number of thiophene rings is 1. The summed E-state index contributed by atoms with van der Waals surface area (Å²) in [6, 6.07) is 48.9. The van der Waals surface area contributed by atoms with E-state index in [1.54, 1.807) is 6.20 Å². The third kappa shape index (κ3) is 4.88. The SMILES string of the molecule is c1ccc(-c2nc(-c3ccc(-c4cccnc4)cc3)cc(-c3ccc(-c4ccc5sc6ccccc6c5c4)cc3)n2)cc1. The van der Waals surface area contributed by atoms with E-state index in [9.17, 15) is 0 Å². The van der Waals surface area contributed by atoms with E-state index in [0.29, 0.717) is 5.82 Å². The topological polar surface area (TPSA) is 38.7 Å². The lowest BCUT2D eigenvalue weighted by Gasteiger charge is -2.11. The average molecular weight is 568 g/mol. The van der Waals surface area contributed by atoms with Crippen molar-refractivity contribution in [3.63, 3.8) is 0 Å². The minimum atomic E-state index is 0.711. The van der Waals surface area contributed by atoms with E-state index in [-0.39, 0.29) is 0 Å². The van der Waals surface area contributed by atoms with E-state index in [1.165, 1.54) is 31.3 Å². The lowest BCUT2D eigenvalue weighted by molar-refractivity contribution is 1.18. The second kappa shape index (κ2) is 10.8. The molecule has 0 bridgehead atoms. The van der Waals surface area contributed by atoms with Crippen LogP contribution >= 0.6 is 11.3 Å². The van der Waals surface area contributed by atoms with Gasteiger partial charge in [0.15, 0.2) is 5.82 Å². The highest BCUT2D eigenvalue weighted by molar-refractivity contribution is 7.25. The smallest absolute Gasteiger partial charge is 0.160 e. The molecular formula is C39H25N3S. The van der Waals surface area contributed by atoms with Crippen molar-refractivity contribution in [2.24, 2.45) is 0 Å². The Morgan fingerprint density at radius 2 is 0.977 bits per heavy atom. The number of nitrogens with zero attached hydrogens (tertiary/aromatic N) is 3. The highest BCUT2D eigenvalue weighted by atomic mass is 32.1. The summed E-state index contributed by atoms with van der Waals surface area (Å²) in [7, 11) is 0. The molecule has 3 nitrogen and oxygen atoms in total. The Bertz CT molecular complexity index is 2200. The summed E-state index contributed by atoms with van der Waals surface area (Å²) in [6.45, 7) is 0. The molecule has 0 aliphatic carbocycles. The van der Waals surface area contributed by atoms with Gasteiger partial charge in [-0.15, -0.1) is 11.3 Å². The summed E-state index contributed by atoms with van der Waals surface area (Å²) < 4.78 is 2.64. The standard InChI is InChI=1S/C39H25N3S/c1-2-7-30(8-3-1)39-41-35(24-36(42-39)29-18-14-27(15-19-29)32-9-6-22-40-25-32)28-16-12-26(13-17-28)31-20-21-38-34(23-31)33-10-4-5-11-37(33)43-38/h1-25H. The van der Waals surface area contributed by atoms with Crippen LogP contribution in [0.1, 0.15) is 0 Å². The molecule has 0 N–H and O–H groups in total. The van der Waals surface area contributed by atoms with Crippen LogP contribution in [0.2, 0.25) is 0 Å². The van der Waals surface area contributed by atoms with Gasteiger partial charge in [-0.3, -0.25) is 4.98 Å². The second-order valence-electron chi connectivity index (χ2n) is 10.5. The van der Waals surface area contributed by atoms with Gasteiger partial charge < -0.3 is 0 Å². The Morgan fingerprint density at radius 3 is 1.67 bits per heavy atom. The van der Waals surface area contributed by atoms with Crippen LogP contribution in [0, 0.1) is 0 Å². The maximum Gasteiger partial charge on any atom is 0.160 e. The zero-order valence-corrected chi connectivity index (χ0v) is 24.0. The van der Waals surface area contributed by atoms with Gasteiger partial charge in [0.05, 0.1) is 11.4 Å². The van der Waals surface area contributed by atoms with E-state index in [4.69, 9.17) is 9.97 Å². The van der Waals surface area contributed by atoms with E-state index >= 15 is 0 Å². The van der Waals surface area contributed by atoms with Crippen LogP contribution in [0.25, 0.3) is 76.3 Å². The molecule has 8 aromatic rings. The highest BCUT2D eigenvalue weighted by Crippen LogP contribution is 2.37. The summed E-state index contributed by atoms with van der Waals surface area (Å²) in [5.74, 6) is 0.711. The molecule has 0 radical (unpaired) electrons. The molecule has 0 saturated heterocycles. The van der Waals surface area contributed by atoms with E-state index in [2.05, 4.69) is 120 Å². The Hall–Kier alpha value is -5.45. The average Bonchev–Trinajstić information content (AvgIpc) is 3.47. The first-order valence-corrected chi connectivity index (χ1v) is 15.1. The summed E-state index contributed by atoms with van der Waals surface area (Å²) in [5.41, 5.74) is 9.48. The number of hydrogen-bond donors (Lipinski definition) is 0. The molecule has 0 unspecified atom stereocenters. The minimum absolute atomic E-state index is 0.711. The molecular weight excluding hydrogens is 543 g/mol. The molecule has 8 rings (SSSR count). The predicted octanol–water partition coefficient (Wildman–Crippen LogP) is 10.6. The van der Waals surface area contributed by atoms with Gasteiger partial charge in [-0.1, -0.05) is 109 Å². The fourth-order valence-electron chi connectivity index (χ4n) is 5.57. The number of benzene rings is 5. The van der Waals surface area contributed by atoms with Crippen molar-refractivity contribution >= 4 is 31.5 Å². The Labute approximate surface area is 253 Å². The molecule has 3 heterocycles. The van der Waals surface area contributed by atoms with Crippen LogP contribution in [0.4, 0.5) is 0 Å². The van der Waals surface area contributed by atoms with Crippen LogP contribution in [0.15, 0.2) is 152 Å². The van der Waals surface area contributed by atoms with Crippen molar-refractivity contribution in [2.45, 2.75) is 0 Å². The zero-order chi connectivity index (χ0) is 28.6. The summed E-state index contributed by atoms with van der Waals surface area (Å²) >= 11 is 1.85. The van der Waals surface area contributed by atoms with Gasteiger partial charge in [-0.25, -0.2) is 9.97 Å². The molecule has 43 heavy (non-hydrogen) atoms. The van der Waals surface area contributed by atoms with Gasteiger partial charge >= 0.3 is 0 Å². The number of rotatable bonds is 5. The Balaban J connectivity index is 1.17. The van der Waals surface area contributed by atoms with Crippen molar-refractivity contribution in [3.8, 4) is 56.2 Å². The van der Waals surface area contributed by atoms with Crippen molar-refractivity contribution in [1.29, 1.82) is 0 Å².